The number of hydrogen-bond acceptors (Lipinski definition) is 3. The maximum absolute atomic E-state index is 13.5. The van der Waals surface area contributed by atoms with Crippen molar-refractivity contribution >= 4 is 17.0 Å². The largest absolute Gasteiger partial charge is 0.380 e. The fourth-order valence-electron chi connectivity index (χ4n) is 2.33. The fraction of sp³-hybridized carbons (Fsp3) is 0.133. The minimum atomic E-state index is -0.317. The first kappa shape index (κ1) is 12.6. The van der Waals surface area contributed by atoms with Crippen molar-refractivity contribution in [2.24, 2.45) is 0 Å². The van der Waals surface area contributed by atoms with Crippen molar-refractivity contribution in [3.05, 3.63) is 53.8 Å². The lowest BCUT2D eigenvalue weighted by atomic mass is 10.2. The molecule has 5 heteroatoms. The van der Waals surface area contributed by atoms with Gasteiger partial charge in [-0.25, -0.2) is 9.37 Å². The molecule has 0 saturated heterocycles. The molecular formula is C15H14FN3O. The molecule has 0 unspecified atom stereocenters. The van der Waals surface area contributed by atoms with Crippen LogP contribution in [0.4, 0.5) is 10.3 Å². The van der Waals surface area contributed by atoms with E-state index in [1.807, 2.05) is 24.3 Å². The first-order valence-electron chi connectivity index (χ1n) is 6.21. The van der Waals surface area contributed by atoms with E-state index >= 15 is 0 Å². The lowest BCUT2D eigenvalue weighted by Gasteiger charge is -2.12. The summed E-state index contributed by atoms with van der Waals surface area (Å²) < 4.78 is 20.4. The third-order valence-corrected chi connectivity index (χ3v) is 3.17. The molecule has 0 aliphatic heterocycles. The van der Waals surface area contributed by atoms with Crippen LogP contribution in [0.3, 0.4) is 0 Å². The number of methoxy groups -OCH3 is 1. The van der Waals surface area contributed by atoms with Gasteiger partial charge < -0.3 is 10.5 Å². The smallest absolute Gasteiger partial charge is 0.205 e. The molecule has 4 nitrogen and oxygen atoms in total. The van der Waals surface area contributed by atoms with E-state index in [1.54, 1.807) is 17.7 Å². The molecule has 1 aromatic heterocycles. The first-order chi connectivity index (χ1) is 9.70. The Kier molecular flexibility index (Phi) is 3.12. The van der Waals surface area contributed by atoms with Gasteiger partial charge in [0.05, 0.1) is 23.3 Å². The van der Waals surface area contributed by atoms with E-state index < -0.39 is 0 Å². The number of para-hydroxylation sites is 1. The zero-order valence-electron chi connectivity index (χ0n) is 11.0. The number of imidazole rings is 1. The van der Waals surface area contributed by atoms with Crippen LogP contribution in [-0.4, -0.2) is 16.7 Å². The number of fused-ring (bicyclic) bond motifs is 1. The van der Waals surface area contributed by atoms with E-state index in [0.29, 0.717) is 23.6 Å². The number of halogens is 1. The quantitative estimate of drug-likeness (QED) is 0.797. The van der Waals surface area contributed by atoms with Gasteiger partial charge in [-0.05, 0) is 18.2 Å². The van der Waals surface area contributed by atoms with Gasteiger partial charge in [-0.2, -0.15) is 0 Å². The normalized spacial score (nSPS) is 11.1. The highest BCUT2D eigenvalue weighted by Gasteiger charge is 2.13. The van der Waals surface area contributed by atoms with E-state index in [0.717, 1.165) is 11.3 Å². The molecule has 0 saturated carbocycles. The van der Waals surface area contributed by atoms with E-state index in [4.69, 9.17) is 10.5 Å². The Morgan fingerprint density at radius 3 is 2.85 bits per heavy atom. The second-order valence-corrected chi connectivity index (χ2v) is 4.50. The highest BCUT2D eigenvalue weighted by molar-refractivity contribution is 5.81. The summed E-state index contributed by atoms with van der Waals surface area (Å²) in [5, 5.41) is 0. The molecule has 0 amide bonds. The third-order valence-electron chi connectivity index (χ3n) is 3.17. The van der Waals surface area contributed by atoms with Crippen LogP contribution >= 0.6 is 0 Å². The Balaban J connectivity index is 2.29. The van der Waals surface area contributed by atoms with Crippen molar-refractivity contribution in [2.75, 3.05) is 12.8 Å². The standard InChI is InChI=1S/C15H14FN3O/c1-20-9-10-4-2-3-5-13(10)19-14-8-11(16)6-7-12(14)18-15(19)17/h2-8H,9H2,1H3,(H2,17,18). The Morgan fingerprint density at radius 1 is 1.25 bits per heavy atom. The molecule has 2 aromatic carbocycles. The molecule has 1 heterocycles. The fourth-order valence-corrected chi connectivity index (χ4v) is 2.33. The molecule has 0 bridgehead atoms. The van der Waals surface area contributed by atoms with E-state index in [-0.39, 0.29) is 5.82 Å². The summed E-state index contributed by atoms with van der Waals surface area (Å²) in [7, 11) is 1.63. The number of nitrogen functional groups attached to an aromatic ring is 1. The van der Waals surface area contributed by atoms with Gasteiger partial charge in [-0.3, -0.25) is 4.57 Å². The molecule has 2 N–H and O–H groups in total. The zero-order chi connectivity index (χ0) is 14.1. The average molecular weight is 271 g/mol. The SMILES string of the molecule is COCc1ccccc1-n1c(N)nc2ccc(F)cc21. The second kappa shape index (κ2) is 4.94. The summed E-state index contributed by atoms with van der Waals surface area (Å²) in [5.41, 5.74) is 9.11. The van der Waals surface area contributed by atoms with Crippen molar-refractivity contribution in [2.45, 2.75) is 6.61 Å². The molecule has 3 rings (SSSR count). The van der Waals surface area contributed by atoms with Gasteiger partial charge in [-0.15, -0.1) is 0 Å². The summed E-state index contributed by atoms with van der Waals surface area (Å²) in [6.07, 6.45) is 0. The number of rotatable bonds is 3. The average Bonchev–Trinajstić information content (AvgIpc) is 2.75. The van der Waals surface area contributed by atoms with Gasteiger partial charge in [0.15, 0.2) is 0 Å². The molecule has 20 heavy (non-hydrogen) atoms. The van der Waals surface area contributed by atoms with Crippen molar-refractivity contribution in [3.8, 4) is 5.69 Å². The number of ether oxygens (including phenoxy) is 1. The molecule has 0 spiro atoms. The lowest BCUT2D eigenvalue weighted by molar-refractivity contribution is 0.185. The number of benzene rings is 2. The molecule has 0 atom stereocenters. The van der Waals surface area contributed by atoms with Crippen LogP contribution in [0.25, 0.3) is 16.7 Å². The summed E-state index contributed by atoms with van der Waals surface area (Å²) in [6, 6.07) is 12.1. The maximum Gasteiger partial charge on any atom is 0.205 e. The van der Waals surface area contributed by atoms with Gasteiger partial charge in [0, 0.05) is 18.7 Å². The third kappa shape index (κ3) is 2.02. The highest BCUT2D eigenvalue weighted by Crippen LogP contribution is 2.26. The molecule has 3 aromatic rings. The van der Waals surface area contributed by atoms with Crippen LogP contribution in [0, 0.1) is 5.82 Å². The molecular weight excluding hydrogens is 257 g/mol. The molecule has 0 radical (unpaired) electrons. The summed E-state index contributed by atoms with van der Waals surface area (Å²) >= 11 is 0. The Labute approximate surface area is 115 Å². The number of nitrogens with zero attached hydrogens (tertiary/aromatic N) is 2. The van der Waals surface area contributed by atoms with Crippen molar-refractivity contribution < 1.29 is 9.13 Å². The van der Waals surface area contributed by atoms with Crippen molar-refractivity contribution in [1.29, 1.82) is 0 Å². The first-order valence-corrected chi connectivity index (χ1v) is 6.21. The molecule has 102 valence electrons. The van der Waals surface area contributed by atoms with Gasteiger partial charge in [0.1, 0.15) is 5.82 Å². The van der Waals surface area contributed by atoms with Gasteiger partial charge >= 0.3 is 0 Å². The van der Waals surface area contributed by atoms with E-state index in [9.17, 15) is 4.39 Å². The minimum absolute atomic E-state index is 0.317. The zero-order valence-corrected chi connectivity index (χ0v) is 11.0. The van der Waals surface area contributed by atoms with Gasteiger partial charge in [0.2, 0.25) is 5.95 Å². The number of aromatic nitrogens is 2. The van der Waals surface area contributed by atoms with Gasteiger partial charge in [0.25, 0.3) is 0 Å². The summed E-state index contributed by atoms with van der Waals surface area (Å²) in [6.45, 7) is 0.449. The Bertz CT molecular complexity index is 767. The van der Waals surface area contributed by atoms with E-state index in [2.05, 4.69) is 4.98 Å². The summed E-state index contributed by atoms with van der Waals surface area (Å²) in [5.74, 6) is 0.0111. The number of anilines is 1. The van der Waals surface area contributed by atoms with Crippen molar-refractivity contribution in [1.82, 2.24) is 9.55 Å². The van der Waals surface area contributed by atoms with Crippen molar-refractivity contribution in [3.63, 3.8) is 0 Å². The monoisotopic (exact) mass is 271 g/mol. The van der Waals surface area contributed by atoms with E-state index in [1.165, 1.54) is 12.1 Å². The molecule has 0 aliphatic rings. The predicted octanol–water partition coefficient (Wildman–Crippen LogP) is 2.89. The predicted molar refractivity (Wildman–Crippen MR) is 76.2 cm³/mol. The number of hydrogen-bond donors (Lipinski definition) is 1. The van der Waals surface area contributed by atoms with Gasteiger partial charge in [-0.1, -0.05) is 18.2 Å². The maximum atomic E-state index is 13.5. The molecule has 0 fully saturated rings. The van der Waals surface area contributed by atoms with Crippen LogP contribution in [0.15, 0.2) is 42.5 Å². The number of nitrogens with two attached hydrogens (primary N) is 1. The van der Waals surface area contributed by atoms with Crippen LogP contribution in [0.5, 0.6) is 0 Å². The molecule has 0 aliphatic carbocycles. The van der Waals surface area contributed by atoms with Crippen LogP contribution in [-0.2, 0) is 11.3 Å². The second-order valence-electron chi connectivity index (χ2n) is 4.50. The lowest BCUT2D eigenvalue weighted by Crippen LogP contribution is -2.04. The van der Waals surface area contributed by atoms with Crippen LogP contribution in [0.2, 0.25) is 0 Å². The Hall–Kier alpha value is -2.40. The topological polar surface area (TPSA) is 53.1 Å². The van der Waals surface area contributed by atoms with Crippen LogP contribution in [0.1, 0.15) is 5.56 Å². The minimum Gasteiger partial charge on any atom is -0.380 e. The highest BCUT2D eigenvalue weighted by atomic mass is 19.1. The van der Waals surface area contributed by atoms with Crippen LogP contribution < -0.4 is 5.73 Å². The summed E-state index contributed by atoms with van der Waals surface area (Å²) in [4.78, 5) is 4.27. The Morgan fingerprint density at radius 2 is 2.05 bits per heavy atom.